The van der Waals surface area contributed by atoms with E-state index in [1.807, 2.05) is 6.07 Å². The molecule has 0 unspecified atom stereocenters. The molecule has 0 amide bonds. The standard InChI is InChI=1S/C11H13FN2/c1-8(2)11(12)14-9(3)10-5-4-6-13-7-10/h4-7H,1-3H3/b14-9+. The molecule has 2 nitrogen and oxygen atoms in total. The summed E-state index contributed by atoms with van der Waals surface area (Å²) in [7, 11) is 0. The van der Waals surface area contributed by atoms with Crippen molar-refractivity contribution in [3.8, 4) is 0 Å². The lowest BCUT2D eigenvalue weighted by molar-refractivity contribution is 0.615. The van der Waals surface area contributed by atoms with Crippen LogP contribution in [0.25, 0.3) is 0 Å². The first-order valence-electron chi connectivity index (χ1n) is 4.40. The van der Waals surface area contributed by atoms with Crippen LogP contribution in [0.4, 0.5) is 4.39 Å². The summed E-state index contributed by atoms with van der Waals surface area (Å²) in [6.45, 7) is 5.14. The zero-order valence-electron chi connectivity index (χ0n) is 8.58. The summed E-state index contributed by atoms with van der Waals surface area (Å²) in [5.74, 6) is -0.425. The van der Waals surface area contributed by atoms with Crippen LogP contribution in [0.3, 0.4) is 0 Å². The molecule has 0 aliphatic carbocycles. The van der Waals surface area contributed by atoms with Crippen LogP contribution < -0.4 is 0 Å². The van der Waals surface area contributed by atoms with Crippen LogP contribution >= 0.6 is 0 Å². The number of rotatable bonds is 2. The Hall–Kier alpha value is -1.51. The molecule has 3 heteroatoms. The van der Waals surface area contributed by atoms with Crippen LogP contribution in [0.1, 0.15) is 26.3 Å². The van der Waals surface area contributed by atoms with Gasteiger partial charge in [-0.15, -0.1) is 0 Å². The van der Waals surface area contributed by atoms with Gasteiger partial charge in [-0.05, 0) is 32.4 Å². The summed E-state index contributed by atoms with van der Waals surface area (Å²) in [5.41, 5.74) is 2.05. The summed E-state index contributed by atoms with van der Waals surface area (Å²) in [6.07, 6.45) is 3.34. The van der Waals surface area contributed by atoms with Gasteiger partial charge in [0.1, 0.15) is 0 Å². The van der Waals surface area contributed by atoms with Gasteiger partial charge in [0, 0.05) is 23.7 Å². The quantitative estimate of drug-likeness (QED) is 0.522. The molecule has 0 radical (unpaired) electrons. The average Bonchev–Trinajstić information content (AvgIpc) is 2.19. The molecular formula is C11H13FN2. The highest BCUT2D eigenvalue weighted by Crippen LogP contribution is 2.09. The summed E-state index contributed by atoms with van der Waals surface area (Å²) >= 11 is 0. The molecule has 1 aromatic heterocycles. The number of halogens is 1. The van der Waals surface area contributed by atoms with E-state index in [2.05, 4.69) is 9.98 Å². The molecule has 0 fully saturated rings. The van der Waals surface area contributed by atoms with Crippen molar-refractivity contribution in [2.75, 3.05) is 0 Å². The third kappa shape index (κ3) is 2.76. The number of hydrogen-bond donors (Lipinski definition) is 0. The second kappa shape index (κ2) is 4.65. The second-order valence-electron chi connectivity index (χ2n) is 3.23. The van der Waals surface area contributed by atoms with E-state index < -0.39 is 5.95 Å². The molecule has 0 atom stereocenters. The van der Waals surface area contributed by atoms with Gasteiger partial charge in [-0.25, -0.2) is 4.99 Å². The van der Waals surface area contributed by atoms with Crippen molar-refractivity contribution >= 4 is 5.71 Å². The normalized spacial score (nSPS) is 11.3. The molecule has 0 saturated carbocycles. The molecule has 14 heavy (non-hydrogen) atoms. The van der Waals surface area contributed by atoms with Crippen molar-refractivity contribution in [2.24, 2.45) is 4.99 Å². The van der Waals surface area contributed by atoms with Crippen molar-refractivity contribution in [2.45, 2.75) is 20.8 Å². The highest BCUT2D eigenvalue weighted by atomic mass is 19.1. The fraction of sp³-hybridized carbons (Fsp3) is 0.273. The van der Waals surface area contributed by atoms with Gasteiger partial charge in [-0.2, -0.15) is 4.39 Å². The Labute approximate surface area is 83.2 Å². The Balaban J connectivity index is 2.97. The molecular weight excluding hydrogens is 179 g/mol. The van der Waals surface area contributed by atoms with Crippen LogP contribution in [-0.4, -0.2) is 10.7 Å². The highest BCUT2D eigenvalue weighted by Gasteiger charge is 1.99. The fourth-order valence-corrected chi connectivity index (χ4v) is 0.900. The molecule has 0 aromatic carbocycles. The molecule has 0 spiro atoms. The van der Waals surface area contributed by atoms with Crippen LogP contribution in [-0.2, 0) is 0 Å². The van der Waals surface area contributed by atoms with Gasteiger partial charge in [-0.1, -0.05) is 6.07 Å². The topological polar surface area (TPSA) is 25.2 Å². The van der Waals surface area contributed by atoms with Crippen molar-refractivity contribution in [1.29, 1.82) is 0 Å². The van der Waals surface area contributed by atoms with Gasteiger partial charge in [0.2, 0.25) is 5.95 Å². The Morgan fingerprint density at radius 3 is 2.57 bits per heavy atom. The minimum atomic E-state index is -0.425. The molecule has 0 N–H and O–H groups in total. The predicted molar refractivity (Wildman–Crippen MR) is 55.9 cm³/mol. The first-order valence-corrected chi connectivity index (χ1v) is 4.40. The minimum Gasteiger partial charge on any atom is -0.264 e. The van der Waals surface area contributed by atoms with E-state index in [9.17, 15) is 4.39 Å². The van der Waals surface area contributed by atoms with Gasteiger partial charge in [0.25, 0.3) is 0 Å². The number of aromatic nitrogens is 1. The molecule has 0 aliphatic heterocycles. The lowest BCUT2D eigenvalue weighted by Crippen LogP contribution is -1.95. The first kappa shape index (κ1) is 10.6. The first-order chi connectivity index (χ1) is 6.61. The largest absolute Gasteiger partial charge is 0.264 e. The number of allylic oxidation sites excluding steroid dienone is 1. The van der Waals surface area contributed by atoms with Gasteiger partial charge in [0.15, 0.2) is 0 Å². The molecule has 1 rings (SSSR count). The van der Waals surface area contributed by atoms with Crippen LogP contribution in [0.15, 0.2) is 41.0 Å². The lowest BCUT2D eigenvalue weighted by Gasteiger charge is -1.99. The molecule has 0 bridgehead atoms. The van der Waals surface area contributed by atoms with E-state index in [1.54, 1.807) is 39.2 Å². The fourth-order valence-electron chi connectivity index (χ4n) is 0.900. The predicted octanol–water partition coefficient (Wildman–Crippen LogP) is 3.11. The third-order valence-electron chi connectivity index (χ3n) is 1.76. The van der Waals surface area contributed by atoms with Crippen LogP contribution in [0.5, 0.6) is 0 Å². The number of aliphatic imine (C=N–C) groups is 1. The van der Waals surface area contributed by atoms with Gasteiger partial charge >= 0.3 is 0 Å². The van der Waals surface area contributed by atoms with E-state index in [1.165, 1.54) is 0 Å². The number of hydrogen-bond acceptors (Lipinski definition) is 2. The summed E-state index contributed by atoms with van der Waals surface area (Å²) < 4.78 is 13.1. The SMILES string of the molecule is CC(C)=C(F)/N=C(\C)c1cccnc1. The van der Waals surface area contributed by atoms with Crippen LogP contribution in [0.2, 0.25) is 0 Å². The van der Waals surface area contributed by atoms with Gasteiger partial charge < -0.3 is 0 Å². The van der Waals surface area contributed by atoms with Gasteiger partial charge in [-0.3, -0.25) is 4.98 Å². The highest BCUT2D eigenvalue weighted by molar-refractivity contribution is 5.98. The monoisotopic (exact) mass is 192 g/mol. The molecule has 1 heterocycles. The molecule has 0 aliphatic rings. The Morgan fingerprint density at radius 2 is 2.07 bits per heavy atom. The zero-order chi connectivity index (χ0) is 10.6. The van der Waals surface area contributed by atoms with E-state index in [-0.39, 0.29) is 0 Å². The summed E-state index contributed by atoms with van der Waals surface area (Å²) in [5, 5.41) is 0. The smallest absolute Gasteiger partial charge is 0.211 e. The molecule has 74 valence electrons. The Kier molecular flexibility index (Phi) is 3.51. The summed E-state index contributed by atoms with van der Waals surface area (Å²) in [4.78, 5) is 7.77. The van der Waals surface area contributed by atoms with Gasteiger partial charge in [0.05, 0.1) is 0 Å². The maximum Gasteiger partial charge on any atom is 0.211 e. The van der Waals surface area contributed by atoms with E-state index >= 15 is 0 Å². The number of nitrogens with zero attached hydrogens (tertiary/aromatic N) is 2. The number of pyridine rings is 1. The van der Waals surface area contributed by atoms with E-state index in [0.29, 0.717) is 11.3 Å². The maximum atomic E-state index is 13.1. The average molecular weight is 192 g/mol. The van der Waals surface area contributed by atoms with Crippen molar-refractivity contribution in [3.63, 3.8) is 0 Å². The van der Waals surface area contributed by atoms with E-state index in [0.717, 1.165) is 5.56 Å². The minimum absolute atomic E-state index is 0.425. The van der Waals surface area contributed by atoms with Crippen LogP contribution in [0, 0.1) is 0 Å². The second-order valence-corrected chi connectivity index (χ2v) is 3.23. The van der Waals surface area contributed by atoms with E-state index in [4.69, 9.17) is 0 Å². The Morgan fingerprint density at radius 1 is 1.36 bits per heavy atom. The van der Waals surface area contributed by atoms with Crippen molar-refractivity contribution < 1.29 is 4.39 Å². The lowest BCUT2D eigenvalue weighted by atomic mass is 10.2. The molecule has 1 aromatic rings. The third-order valence-corrected chi connectivity index (χ3v) is 1.76. The Bertz CT molecular complexity index is 362. The van der Waals surface area contributed by atoms with Crippen molar-refractivity contribution in [1.82, 2.24) is 4.98 Å². The summed E-state index contributed by atoms with van der Waals surface area (Å²) in [6, 6.07) is 3.65. The van der Waals surface area contributed by atoms with Crippen molar-refractivity contribution in [3.05, 3.63) is 41.6 Å². The zero-order valence-corrected chi connectivity index (χ0v) is 8.58. The molecule has 0 saturated heterocycles. The maximum absolute atomic E-state index is 13.1.